The summed E-state index contributed by atoms with van der Waals surface area (Å²) in [4.78, 5) is 12.2. The van der Waals surface area contributed by atoms with Gasteiger partial charge in [0.2, 0.25) is 15.9 Å². The minimum absolute atomic E-state index is 0. The Morgan fingerprint density at radius 2 is 1.70 bits per heavy atom. The van der Waals surface area contributed by atoms with Gasteiger partial charge in [-0.05, 0) is 48.6 Å². The van der Waals surface area contributed by atoms with Crippen LogP contribution < -0.4 is 15.8 Å². The first-order chi connectivity index (χ1) is 12.4. The van der Waals surface area contributed by atoms with Crippen LogP contribution in [0.4, 0.5) is 0 Å². The van der Waals surface area contributed by atoms with Crippen LogP contribution in [-0.2, 0) is 14.8 Å². The van der Waals surface area contributed by atoms with E-state index in [4.69, 9.17) is 5.73 Å². The second kappa shape index (κ2) is 9.50. The normalized spacial score (nSPS) is 20.0. The van der Waals surface area contributed by atoms with E-state index in [0.29, 0.717) is 0 Å². The van der Waals surface area contributed by atoms with Crippen LogP contribution >= 0.6 is 12.4 Å². The molecule has 0 spiro atoms. The maximum absolute atomic E-state index is 12.4. The van der Waals surface area contributed by atoms with Gasteiger partial charge < -0.3 is 11.1 Å². The molecule has 0 unspecified atom stereocenters. The van der Waals surface area contributed by atoms with Gasteiger partial charge in [-0.25, -0.2) is 13.1 Å². The van der Waals surface area contributed by atoms with E-state index in [2.05, 4.69) is 10.0 Å². The smallest absolute Gasteiger partial charge is 0.240 e. The van der Waals surface area contributed by atoms with Gasteiger partial charge in [-0.3, -0.25) is 4.79 Å². The predicted molar refractivity (Wildman–Crippen MR) is 109 cm³/mol. The molecule has 2 aromatic rings. The second-order valence-electron chi connectivity index (χ2n) is 6.84. The van der Waals surface area contributed by atoms with E-state index in [-0.39, 0.29) is 48.3 Å². The van der Waals surface area contributed by atoms with E-state index < -0.39 is 10.0 Å². The molecular weight excluding hydrogens is 386 g/mol. The number of benzene rings is 2. The van der Waals surface area contributed by atoms with Crippen LogP contribution in [0.25, 0.3) is 10.8 Å². The summed E-state index contributed by atoms with van der Waals surface area (Å²) < 4.78 is 27.4. The molecule has 1 fully saturated rings. The molecule has 0 saturated heterocycles. The van der Waals surface area contributed by atoms with Crippen molar-refractivity contribution in [1.29, 1.82) is 0 Å². The van der Waals surface area contributed by atoms with Crippen molar-refractivity contribution in [3.05, 3.63) is 42.5 Å². The van der Waals surface area contributed by atoms with Crippen molar-refractivity contribution in [2.45, 2.75) is 49.1 Å². The van der Waals surface area contributed by atoms with Crippen molar-refractivity contribution in [1.82, 2.24) is 10.0 Å². The Hall–Kier alpha value is -1.67. The summed E-state index contributed by atoms with van der Waals surface area (Å²) in [6.07, 6.45) is 3.72. The van der Waals surface area contributed by atoms with E-state index in [1.165, 1.54) is 0 Å². The third-order valence-corrected chi connectivity index (χ3v) is 6.27. The zero-order valence-electron chi connectivity index (χ0n) is 15.1. The van der Waals surface area contributed by atoms with Gasteiger partial charge >= 0.3 is 0 Å². The van der Waals surface area contributed by atoms with Crippen molar-refractivity contribution in [2.75, 3.05) is 6.54 Å². The SMILES string of the molecule is Cl.NC1CCC(NC(=O)CCNS(=O)(=O)c2ccc3ccccc3c2)CC1. The summed E-state index contributed by atoms with van der Waals surface area (Å²) in [5, 5.41) is 4.81. The standard InChI is InChI=1S/C19H25N3O3S.ClH/c20-16-6-8-17(9-7-16)22-19(23)11-12-21-26(24,25)18-10-5-14-3-1-2-4-15(14)13-18;/h1-5,10,13,16-17,21H,6-9,11-12,20H2,(H,22,23);1H. The fraction of sp³-hybridized carbons (Fsp3) is 0.421. The number of hydrogen-bond donors (Lipinski definition) is 3. The van der Waals surface area contributed by atoms with E-state index >= 15 is 0 Å². The second-order valence-corrected chi connectivity index (χ2v) is 8.60. The number of rotatable bonds is 6. The largest absolute Gasteiger partial charge is 0.353 e. The number of halogens is 1. The molecule has 0 aromatic heterocycles. The highest BCUT2D eigenvalue weighted by atomic mass is 35.5. The van der Waals surface area contributed by atoms with Crippen LogP contribution in [0.2, 0.25) is 0 Å². The van der Waals surface area contributed by atoms with Gasteiger partial charge in [-0.2, -0.15) is 0 Å². The fourth-order valence-corrected chi connectivity index (χ4v) is 4.35. The molecule has 2 aromatic carbocycles. The summed E-state index contributed by atoms with van der Waals surface area (Å²) in [5.74, 6) is -0.133. The molecule has 0 radical (unpaired) electrons. The molecule has 148 valence electrons. The lowest BCUT2D eigenvalue weighted by molar-refractivity contribution is -0.121. The Kier molecular flexibility index (Phi) is 7.61. The molecule has 1 amide bonds. The number of fused-ring (bicyclic) bond motifs is 1. The van der Waals surface area contributed by atoms with Gasteiger partial charge in [-0.1, -0.05) is 30.3 Å². The average molecular weight is 412 g/mol. The van der Waals surface area contributed by atoms with Gasteiger partial charge in [0.25, 0.3) is 0 Å². The summed E-state index contributed by atoms with van der Waals surface area (Å²) in [5.41, 5.74) is 5.86. The first-order valence-electron chi connectivity index (χ1n) is 8.97. The van der Waals surface area contributed by atoms with Crippen molar-refractivity contribution in [2.24, 2.45) is 5.73 Å². The van der Waals surface area contributed by atoms with Crippen LogP contribution in [0.5, 0.6) is 0 Å². The lowest BCUT2D eigenvalue weighted by Gasteiger charge is -2.26. The number of sulfonamides is 1. The molecule has 1 aliphatic carbocycles. The highest BCUT2D eigenvalue weighted by Gasteiger charge is 2.20. The van der Waals surface area contributed by atoms with Gasteiger partial charge in [0.05, 0.1) is 4.90 Å². The molecule has 0 aliphatic heterocycles. The minimum Gasteiger partial charge on any atom is -0.353 e. The Bertz CT molecular complexity index is 881. The molecular formula is C19H26ClN3O3S. The molecule has 8 heteroatoms. The predicted octanol–water partition coefficient (Wildman–Crippen LogP) is 2.32. The maximum Gasteiger partial charge on any atom is 0.240 e. The Balaban J connectivity index is 0.00000261. The highest BCUT2D eigenvalue weighted by molar-refractivity contribution is 7.89. The van der Waals surface area contributed by atoms with Crippen molar-refractivity contribution < 1.29 is 13.2 Å². The lowest BCUT2D eigenvalue weighted by atomic mass is 9.92. The first-order valence-corrected chi connectivity index (χ1v) is 10.5. The summed E-state index contributed by atoms with van der Waals surface area (Å²) in [6, 6.07) is 13.0. The van der Waals surface area contributed by atoms with Crippen molar-refractivity contribution >= 4 is 39.1 Å². The van der Waals surface area contributed by atoms with E-state index in [1.807, 2.05) is 24.3 Å². The molecule has 0 bridgehead atoms. The van der Waals surface area contributed by atoms with E-state index in [9.17, 15) is 13.2 Å². The maximum atomic E-state index is 12.4. The molecule has 3 rings (SSSR count). The fourth-order valence-electron chi connectivity index (χ4n) is 3.28. The quantitative estimate of drug-likeness (QED) is 0.678. The first kappa shape index (κ1) is 21.6. The average Bonchev–Trinajstić information content (AvgIpc) is 2.63. The van der Waals surface area contributed by atoms with Gasteiger partial charge in [-0.15, -0.1) is 12.4 Å². The Morgan fingerprint density at radius 1 is 1.04 bits per heavy atom. The molecule has 1 saturated carbocycles. The number of carbonyl (C=O) groups is 1. The molecule has 6 nitrogen and oxygen atoms in total. The third-order valence-electron chi connectivity index (χ3n) is 4.81. The molecule has 0 heterocycles. The Labute approximate surface area is 166 Å². The van der Waals surface area contributed by atoms with Gasteiger partial charge in [0, 0.05) is 25.0 Å². The summed E-state index contributed by atoms with van der Waals surface area (Å²) in [6.45, 7) is 0.0766. The number of nitrogens with two attached hydrogens (primary N) is 1. The minimum atomic E-state index is -3.63. The number of nitrogens with one attached hydrogen (secondary N) is 2. The number of hydrogen-bond acceptors (Lipinski definition) is 4. The molecule has 1 aliphatic rings. The van der Waals surface area contributed by atoms with Crippen molar-refractivity contribution in [3.8, 4) is 0 Å². The Morgan fingerprint density at radius 3 is 2.41 bits per heavy atom. The zero-order valence-corrected chi connectivity index (χ0v) is 16.7. The topological polar surface area (TPSA) is 101 Å². The molecule has 0 atom stereocenters. The van der Waals surface area contributed by atoms with Gasteiger partial charge in [0.1, 0.15) is 0 Å². The van der Waals surface area contributed by atoms with Crippen molar-refractivity contribution in [3.63, 3.8) is 0 Å². The number of carbonyl (C=O) groups excluding carboxylic acids is 1. The van der Waals surface area contributed by atoms with E-state index in [0.717, 1.165) is 36.5 Å². The third kappa shape index (κ3) is 5.90. The highest BCUT2D eigenvalue weighted by Crippen LogP contribution is 2.19. The summed E-state index contributed by atoms with van der Waals surface area (Å²) in [7, 11) is -3.63. The van der Waals surface area contributed by atoms with Gasteiger partial charge in [0.15, 0.2) is 0 Å². The zero-order chi connectivity index (χ0) is 18.6. The monoisotopic (exact) mass is 411 g/mol. The van der Waals surface area contributed by atoms with Crippen LogP contribution in [0.15, 0.2) is 47.4 Å². The van der Waals surface area contributed by atoms with Crippen LogP contribution in [-0.4, -0.2) is 33.0 Å². The molecule has 27 heavy (non-hydrogen) atoms. The van der Waals surface area contributed by atoms with E-state index in [1.54, 1.807) is 18.2 Å². The molecule has 4 N–H and O–H groups in total. The number of amides is 1. The van der Waals surface area contributed by atoms with Crippen LogP contribution in [0.1, 0.15) is 32.1 Å². The lowest BCUT2D eigenvalue weighted by Crippen LogP contribution is -2.41. The summed E-state index contributed by atoms with van der Waals surface area (Å²) >= 11 is 0. The van der Waals surface area contributed by atoms with Crippen LogP contribution in [0, 0.1) is 0 Å². The van der Waals surface area contributed by atoms with Crippen LogP contribution in [0.3, 0.4) is 0 Å².